The Balaban J connectivity index is 1.87. The molecule has 0 unspecified atom stereocenters. The van der Waals surface area contributed by atoms with Gasteiger partial charge < -0.3 is 5.32 Å². The number of rotatable bonds is 11. The van der Waals surface area contributed by atoms with Crippen LogP contribution >= 0.6 is 0 Å². The first-order valence-electron chi connectivity index (χ1n) is 8.49. The Morgan fingerprint density at radius 3 is 2.24 bits per heavy atom. The van der Waals surface area contributed by atoms with E-state index in [-0.39, 0.29) is 5.91 Å². The van der Waals surface area contributed by atoms with Crippen LogP contribution in [-0.4, -0.2) is 12.5 Å². The zero-order chi connectivity index (χ0) is 15.3. The van der Waals surface area contributed by atoms with Crippen molar-refractivity contribution in [2.75, 3.05) is 6.54 Å². The summed E-state index contributed by atoms with van der Waals surface area (Å²) < 4.78 is 0. The van der Waals surface area contributed by atoms with E-state index in [1.807, 2.05) is 0 Å². The maximum absolute atomic E-state index is 11.5. The van der Waals surface area contributed by atoms with E-state index >= 15 is 0 Å². The number of carbonyl (C=O) groups is 1. The van der Waals surface area contributed by atoms with Crippen LogP contribution in [0.5, 0.6) is 0 Å². The Morgan fingerprint density at radius 1 is 0.952 bits per heavy atom. The third-order valence-electron chi connectivity index (χ3n) is 3.67. The summed E-state index contributed by atoms with van der Waals surface area (Å²) in [5.41, 5.74) is 1.44. The summed E-state index contributed by atoms with van der Waals surface area (Å²) in [5.74, 6) is 0.756. The molecule has 0 atom stereocenters. The molecule has 0 spiro atoms. The van der Waals surface area contributed by atoms with E-state index in [2.05, 4.69) is 49.5 Å². The molecule has 0 radical (unpaired) electrons. The average molecular weight is 289 g/mol. The van der Waals surface area contributed by atoms with Gasteiger partial charge in [0.1, 0.15) is 0 Å². The molecule has 1 aromatic carbocycles. The van der Waals surface area contributed by atoms with Crippen molar-refractivity contribution in [1.29, 1.82) is 0 Å². The molecular formula is C19H31NO. The predicted molar refractivity (Wildman–Crippen MR) is 90.3 cm³/mol. The van der Waals surface area contributed by atoms with Crippen LogP contribution in [-0.2, 0) is 11.2 Å². The second-order valence-electron chi connectivity index (χ2n) is 6.30. The Morgan fingerprint density at radius 2 is 1.57 bits per heavy atom. The summed E-state index contributed by atoms with van der Waals surface area (Å²) >= 11 is 0. The van der Waals surface area contributed by atoms with E-state index in [9.17, 15) is 4.79 Å². The summed E-state index contributed by atoms with van der Waals surface area (Å²) in [6.45, 7) is 5.05. The summed E-state index contributed by atoms with van der Waals surface area (Å²) in [6.07, 6.45) is 9.22. The van der Waals surface area contributed by atoms with Crippen LogP contribution in [0, 0.1) is 5.92 Å². The highest BCUT2D eigenvalue weighted by molar-refractivity contribution is 5.75. The smallest absolute Gasteiger partial charge is 0.220 e. The Labute approximate surface area is 130 Å². The zero-order valence-corrected chi connectivity index (χ0v) is 13.7. The topological polar surface area (TPSA) is 29.1 Å². The van der Waals surface area contributed by atoms with Gasteiger partial charge in [0.15, 0.2) is 0 Å². The second kappa shape index (κ2) is 11.4. The summed E-state index contributed by atoms with van der Waals surface area (Å²) in [4.78, 5) is 11.5. The van der Waals surface area contributed by atoms with Gasteiger partial charge in [0.05, 0.1) is 0 Å². The first-order chi connectivity index (χ1) is 10.2. The van der Waals surface area contributed by atoms with E-state index in [1.54, 1.807) is 0 Å². The van der Waals surface area contributed by atoms with Crippen LogP contribution in [0.25, 0.3) is 0 Å². The summed E-state index contributed by atoms with van der Waals surface area (Å²) in [5, 5.41) is 2.97. The maximum atomic E-state index is 11.5. The van der Waals surface area contributed by atoms with Gasteiger partial charge in [-0.15, -0.1) is 0 Å². The lowest BCUT2D eigenvalue weighted by Crippen LogP contribution is -2.26. The number of aryl methyl sites for hydroxylation is 1. The molecule has 0 bridgehead atoms. The van der Waals surface area contributed by atoms with Gasteiger partial charge in [-0.05, 0) is 30.7 Å². The van der Waals surface area contributed by atoms with Crippen molar-refractivity contribution in [2.24, 2.45) is 5.92 Å². The summed E-state index contributed by atoms with van der Waals surface area (Å²) in [7, 11) is 0. The fourth-order valence-corrected chi connectivity index (χ4v) is 2.37. The number of nitrogens with one attached hydrogen (secondary N) is 1. The third-order valence-corrected chi connectivity index (χ3v) is 3.67. The predicted octanol–water partition coefficient (Wildman–Crippen LogP) is 4.73. The molecule has 0 fully saturated rings. The van der Waals surface area contributed by atoms with Gasteiger partial charge in [0.25, 0.3) is 0 Å². The van der Waals surface area contributed by atoms with Crippen molar-refractivity contribution in [3.05, 3.63) is 35.9 Å². The number of unbranched alkanes of at least 4 members (excludes halogenated alkanes) is 5. The molecule has 1 aromatic rings. The molecule has 0 aliphatic heterocycles. The van der Waals surface area contributed by atoms with Gasteiger partial charge in [0, 0.05) is 13.0 Å². The van der Waals surface area contributed by atoms with Crippen molar-refractivity contribution < 1.29 is 4.79 Å². The molecule has 2 nitrogen and oxygen atoms in total. The van der Waals surface area contributed by atoms with Crippen LogP contribution in [0.1, 0.15) is 64.4 Å². The fourth-order valence-electron chi connectivity index (χ4n) is 2.37. The average Bonchev–Trinajstić information content (AvgIpc) is 2.49. The molecule has 0 aliphatic rings. The van der Waals surface area contributed by atoms with Gasteiger partial charge in [-0.25, -0.2) is 0 Å². The number of carbonyl (C=O) groups excluding carboxylic acids is 1. The van der Waals surface area contributed by atoms with Gasteiger partial charge >= 0.3 is 0 Å². The van der Waals surface area contributed by atoms with Crippen LogP contribution in [0.3, 0.4) is 0 Å². The molecule has 1 rings (SSSR count). The molecular weight excluding hydrogens is 258 g/mol. The van der Waals surface area contributed by atoms with E-state index in [0.29, 0.717) is 12.3 Å². The lowest BCUT2D eigenvalue weighted by Gasteiger charge is -2.07. The SMILES string of the molecule is CC(C)CNC(=O)CCCCCCCCc1ccccc1. The lowest BCUT2D eigenvalue weighted by molar-refractivity contribution is -0.121. The van der Waals surface area contributed by atoms with Crippen molar-refractivity contribution in [3.8, 4) is 0 Å². The number of hydrogen-bond donors (Lipinski definition) is 1. The van der Waals surface area contributed by atoms with Crippen LogP contribution < -0.4 is 5.32 Å². The lowest BCUT2D eigenvalue weighted by atomic mass is 10.0. The van der Waals surface area contributed by atoms with Crippen molar-refractivity contribution >= 4 is 5.91 Å². The molecule has 0 saturated heterocycles. The van der Waals surface area contributed by atoms with E-state index < -0.39 is 0 Å². The van der Waals surface area contributed by atoms with E-state index in [4.69, 9.17) is 0 Å². The van der Waals surface area contributed by atoms with Gasteiger partial charge in [-0.3, -0.25) is 4.79 Å². The standard InChI is InChI=1S/C19H31NO/c1-17(2)16-20-19(21)15-11-6-4-3-5-8-12-18-13-9-7-10-14-18/h7,9-10,13-14,17H,3-6,8,11-12,15-16H2,1-2H3,(H,20,21). The maximum Gasteiger partial charge on any atom is 0.220 e. The minimum absolute atomic E-state index is 0.216. The Kier molecular flexibility index (Phi) is 9.60. The quantitative estimate of drug-likeness (QED) is 0.586. The summed E-state index contributed by atoms with van der Waals surface area (Å²) in [6, 6.07) is 10.7. The highest BCUT2D eigenvalue weighted by atomic mass is 16.1. The fraction of sp³-hybridized carbons (Fsp3) is 0.632. The Bertz CT molecular complexity index is 372. The molecule has 0 heterocycles. The number of hydrogen-bond acceptors (Lipinski definition) is 1. The highest BCUT2D eigenvalue weighted by Crippen LogP contribution is 2.10. The van der Waals surface area contributed by atoms with E-state index in [1.165, 1.54) is 44.1 Å². The number of amides is 1. The molecule has 1 amide bonds. The van der Waals surface area contributed by atoms with Gasteiger partial charge in [-0.2, -0.15) is 0 Å². The minimum Gasteiger partial charge on any atom is -0.356 e. The van der Waals surface area contributed by atoms with Gasteiger partial charge in [0.2, 0.25) is 5.91 Å². The first kappa shape index (κ1) is 17.7. The van der Waals surface area contributed by atoms with Crippen LogP contribution in [0.15, 0.2) is 30.3 Å². The molecule has 0 aliphatic carbocycles. The molecule has 118 valence electrons. The molecule has 0 saturated carbocycles. The highest BCUT2D eigenvalue weighted by Gasteiger charge is 2.01. The van der Waals surface area contributed by atoms with Crippen molar-refractivity contribution in [2.45, 2.75) is 65.2 Å². The second-order valence-corrected chi connectivity index (χ2v) is 6.30. The third kappa shape index (κ3) is 10.1. The molecule has 2 heteroatoms. The zero-order valence-electron chi connectivity index (χ0n) is 13.7. The van der Waals surface area contributed by atoms with Gasteiger partial charge in [-0.1, -0.05) is 69.9 Å². The van der Waals surface area contributed by atoms with E-state index in [0.717, 1.165) is 13.0 Å². The van der Waals surface area contributed by atoms with Crippen LogP contribution in [0.2, 0.25) is 0 Å². The minimum atomic E-state index is 0.216. The molecule has 1 N–H and O–H groups in total. The Hall–Kier alpha value is -1.31. The van der Waals surface area contributed by atoms with Crippen molar-refractivity contribution in [3.63, 3.8) is 0 Å². The molecule has 0 aromatic heterocycles. The van der Waals surface area contributed by atoms with Crippen LogP contribution in [0.4, 0.5) is 0 Å². The largest absolute Gasteiger partial charge is 0.356 e. The van der Waals surface area contributed by atoms with Crippen molar-refractivity contribution in [1.82, 2.24) is 5.32 Å². The molecule has 21 heavy (non-hydrogen) atoms. The monoisotopic (exact) mass is 289 g/mol. The number of benzene rings is 1. The first-order valence-corrected chi connectivity index (χ1v) is 8.49. The normalized spacial score (nSPS) is 10.8.